The van der Waals surface area contributed by atoms with Crippen LogP contribution in [0.1, 0.15) is 48.4 Å². The van der Waals surface area contributed by atoms with Crippen LogP contribution in [0.25, 0.3) is 0 Å². The third-order valence-corrected chi connectivity index (χ3v) is 4.54. The molecule has 23 heavy (non-hydrogen) atoms. The lowest BCUT2D eigenvalue weighted by Crippen LogP contribution is -2.41. The second-order valence-corrected chi connectivity index (χ2v) is 6.10. The van der Waals surface area contributed by atoms with Crippen LogP contribution in [-0.4, -0.2) is 59.9 Å². The van der Waals surface area contributed by atoms with Crippen molar-refractivity contribution in [2.75, 3.05) is 33.4 Å². The lowest BCUT2D eigenvalue weighted by molar-refractivity contribution is 0.00427. The van der Waals surface area contributed by atoms with Gasteiger partial charge in [-0.05, 0) is 38.4 Å². The quantitative estimate of drug-likeness (QED) is 0.794. The number of aromatic nitrogens is 1. The highest BCUT2D eigenvalue weighted by Gasteiger charge is 2.28. The van der Waals surface area contributed by atoms with Crippen molar-refractivity contribution in [2.45, 2.75) is 38.3 Å². The van der Waals surface area contributed by atoms with E-state index in [0.29, 0.717) is 25.5 Å². The minimum atomic E-state index is -0.478. The van der Waals surface area contributed by atoms with Crippen LogP contribution in [0, 0.1) is 0 Å². The number of hydrogen-bond donors (Lipinski definition) is 2. The van der Waals surface area contributed by atoms with E-state index in [2.05, 4.69) is 10.2 Å². The van der Waals surface area contributed by atoms with Gasteiger partial charge in [-0.25, -0.2) is 0 Å². The van der Waals surface area contributed by atoms with Gasteiger partial charge in [-0.2, -0.15) is 0 Å². The Kier molecular flexibility index (Phi) is 6.62. The monoisotopic (exact) mass is 323 g/mol. The molecular formula is C17H29N3O3. The van der Waals surface area contributed by atoms with Crippen LogP contribution in [0.15, 0.2) is 12.1 Å². The maximum Gasteiger partial charge on any atom is 0.267 e. The van der Waals surface area contributed by atoms with Crippen LogP contribution in [0.4, 0.5) is 0 Å². The van der Waals surface area contributed by atoms with E-state index in [1.807, 2.05) is 30.7 Å². The molecule has 6 heteroatoms. The molecule has 0 bridgehead atoms. The first-order chi connectivity index (χ1) is 11.1. The highest BCUT2D eigenvalue weighted by molar-refractivity contribution is 5.92. The number of rotatable bonds is 7. The van der Waals surface area contributed by atoms with Crippen molar-refractivity contribution in [3.8, 4) is 0 Å². The van der Waals surface area contributed by atoms with E-state index in [1.54, 1.807) is 7.05 Å². The second-order valence-electron chi connectivity index (χ2n) is 6.10. The number of aliphatic hydroxyl groups is 1. The molecule has 0 unspecified atom stereocenters. The summed E-state index contributed by atoms with van der Waals surface area (Å²) in [4.78, 5) is 14.2. The third kappa shape index (κ3) is 4.34. The Morgan fingerprint density at radius 2 is 2.26 bits per heavy atom. The largest absolute Gasteiger partial charge is 0.389 e. The fraction of sp³-hybridized carbons (Fsp3) is 0.706. The number of ether oxygens (including phenoxy) is 1. The molecule has 1 aromatic heterocycles. The number of hydrogen-bond acceptors (Lipinski definition) is 4. The van der Waals surface area contributed by atoms with E-state index in [9.17, 15) is 9.90 Å². The summed E-state index contributed by atoms with van der Waals surface area (Å²) in [5.74, 6) is -0.0718. The van der Waals surface area contributed by atoms with Crippen LogP contribution in [-0.2, 0) is 11.8 Å². The van der Waals surface area contributed by atoms with Crippen LogP contribution >= 0.6 is 0 Å². The van der Waals surface area contributed by atoms with Gasteiger partial charge >= 0.3 is 0 Å². The van der Waals surface area contributed by atoms with Crippen molar-refractivity contribution in [3.05, 3.63) is 23.5 Å². The van der Waals surface area contributed by atoms with Crippen molar-refractivity contribution >= 4 is 5.91 Å². The van der Waals surface area contributed by atoms with Crippen molar-refractivity contribution in [1.82, 2.24) is 14.8 Å². The maximum absolute atomic E-state index is 11.9. The topological polar surface area (TPSA) is 66.7 Å². The molecule has 2 rings (SSSR count). The average molecular weight is 323 g/mol. The first-order valence-corrected chi connectivity index (χ1v) is 8.46. The first-order valence-electron chi connectivity index (χ1n) is 8.46. The minimum Gasteiger partial charge on any atom is -0.389 e. The number of nitrogens with zero attached hydrogens (tertiary/aromatic N) is 2. The Labute approximate surface area is 138 Å². The SMILES string of the molecule is CCOC[C@H](O)CN1CCCC[C@H]1c1ccc(C(=O)NC)n1C. The minimum absolute atomic E-state index is 0.0718. The van der Waals surface area contributed by atoms with E-state index in [-0.39, 0.29) is 11.9 Å². The second kappa shape index (κ2) is 8.47. The van der Waals surface area contributed by atoms with Gasteiger partial charge in [0.2, 0.25) is 0 Å². The van der Waals surface area contributed by atoms with E-state index in [0.717, 1.165) is 25.1 Å². The Morgan fingerprint density at radius 3 is 2.96 bits per heavy atom. The molecule has 130 valence electrons. The summed E-state index contributed by atoms with van der Waals surface area (Å²) in [5.41, 5.74) is 1.80. The zero-order valence-corrected chi connectivity index (χ0v) is 14.4. The summed E-state index contributed by atoms with van der Waals surface area (Å²) in [6, 6.07) is 4.14. The van der Waals surface area contributed by atoms with E-state index in [1.165, 1.54) is 6.42 Å². The van der Waals surface area contributed by atoms with Crippen LogP contribution in [0.3, 0.4) is 0 Å². The number of piperidine rings is 1. The molecule has 1 fully saturated rings. The third-order valence-electron chi connectivity index (χ3n) is 4.54. The smallest absolute Gasteiger partial charge is 0.267 e. The predicted octanol–water partition coefficient (Wildman–Crippen LogP) is 1.31. The van der Waals surface area contributed by atoms with Crippen molar-refractivity contribution in [2.24, 2.45) is 7.05 Å². The molecule has 2 atom stereocenters. The van der Waals surface area contributed by atoms with Crippen molar-refractivity contribution in [3.63, 3.8) is 0 Å². The van der Waals surface area contributed by atoms with Gasteiger partial charge < -0.3 is 19.7 Å². The molecule has 0 saturated carbocycles. The molecule has 2 N–H and O–H groups in total. The highest BCUT2D eigenvalue weighted by atomic mass is 16.5. The molecule has 1 aliphatic rings. The lowest BCUT2D eigenvalue weighted by atomic mass is 9.99. The van der Waals surface area contributed by atoms with Gasteiger partial charge in [0.1, 0.15) is 5.69 Å². The van der Waals surface area contributed by atoms with Crippen LogP contribution < -0.4 is 5.32 Å². The van der Waals surface area contributed by atoms with Crippen LogP contribution in [0.5, 0.6) is 0 Å². The number of amides is 1. The van der Waals surface area contributed by atoms with E-state index < -0.39 is 6.10 Å². The Morgan fingerprint density at radius 1 is 1.48 bits per heavy atom. The predicted molar refractivity (Wildman–Crippen MR) is 89.5 cm³/mol. The zero-order chi connectivity index (χ0) is 16.8. The summed E-state index contributed by atoms with van der Waals surface area (Å²) in [6.45, 7) is 4.49. The molecule has 6 nitrogen and oxygen atoms in total. The van der Waals surface area contributed by atoms with Gasteiger partial charge in [0.05, 0.1) is 18.8 Å². The summed E-state index contributed by atoms with van der Waals surface area (Å²) in [5, 5.41) is 12.8. The number of likely N-dealkylation sites (tertiary alicyclic amines) is 1. The van der Waals surface area contributed by atoms with Crippen molar-refractivity contribution < 1.29 is 14.6 Å². The summed E-state index contributed by atoms with van der Waals surface area (Å²) in [7, 11) is 3.58. The normalized spacial score (nSPS) is 20.4. The van der Waals surface area contributed by atoms with Gasteiger partial charge in [-0.1, -0.05) is 6.42 Å². The molecule has 2 heterocycles. The summed E-state index contributed by atoms with van der Waals surface area (Å²) < 4.78 is 7.29. The molecule has 0 radical (unpaired) electrons. The average Bonchev–Trinajstić information content (AvgIpc) is 2.94. The Bertz CT molecular complexity index is 515. The zero-order valence-electron chi connectivity index (χ0n) is 14.4. The molecule has 0 aromatic carbocycles. The van der Waals surface area contributed by atoms with Gasteiger partial charge in [0.25, 0.3) is 5.91 Å². The molecule has 1 aromatic rings. The van der Waals surface area contributed by atoms with E-state index in [4.69, 9.17) is 4.74 Å². The first kappa shape index (κ1) is 18.0. The Hall–Kier alpha value is -1.37. The fourth-order valence-electron chi connectivity index (χ4n) is 3.34. The number of carbonyl (C=O) groups excluding carboxylic acids is 1. The van der Waals surface area contributed by atoms with Gasteiger partial charge in [0.15, 0.2) is 0 Å². The van der Waals surface area contributed by atoms with Crippen LogP contribution in [0.2, 0.25) is 0 Å². The number of aliphatic hydroxyl groups excluding tert-OH is 1. The van der Waals surface area contributed by atoms with Crippen molar-refractivity contribution in [1.29, 1.82) is 0 Å². The summed E-state index contributed by atoms with van der Waals surface area (Å²) in [6.07, 6.45) is 2.88. The molecule has 1 saturated heterocycles. The highest BCUT2D eigenvalue weighted by Crippen LogP contribution is 2.31. The molecule has 0 aliphatic carbocycles. The van der Waals surface area contributed by atoms with Gasteiger partial charge in [0, 0.05) is 32.9 Å². The molecule has 1 aliphatic heterocycles. The molecule has 1 amide bonds. The Balaban J connectivity index is 2.12. The number of β-amino-alcohol motifs (C(OH)–C–C–N with tert-alkyl or cyclic N) is 1. The van der Waals surface area contributed by atoms with Gasteiger partial charge in [-0.15, -0.1) is 0 Å². The molecule has 0 spiro atoms. The van der Waals surface area contributed by atoms with Gasteiger partial charge in [-0.3, -0.25) is 9.69 Å². The number of carbonyl (C=O) groups is 1. The fourth-order valence-corrected chi connectivity index (χ4v) is 3.34. The summed E-state index contributed by atoms with van der Waals surface area (Å²) >= 11 is 0. The van der Waals surface area contributed by atoms with E-state index >= 15 is 0 Å². The molecular weight excluding hydrogens is 294 g/mol. The standard InChI is InChI=1S/C17H29N3O3/c1-4-23-12-13(21)11-20-10-6-5-7-15(20)14-8-9-16(19(14)3)17(22)18-2/h8-9,13,15,21H,4-7,10-12H2,1-3H3,(H,18,22)/t13-,15+/m1/s1. The maximum atomic E-state index is 11.9. The number of nitrogens with one attached hydrogen (secondary N) is 1. The lowest BCUT2D eigenvalue weighted by Gasteiger charge is -2.37.